The zero-order chi connectivity index (χ0) is 21.9. The van der Waals surface area contributed by atoms with Crippen LogP contribution < -0.4 is 10.9 Å². The number of alkyl halides is 3. The summed E-state index contributed by atoms with van der Waals surface area (Å²) in [6.07, 6.45) is -3.23. The Balaban J connectivity index is 1.89. The lowest BCUT2D eigenvalue weighted by molar-refractivity contribution is -0.137. The molecule has 156 valence electrons. The number of fused-ring (bicyclic) bond motifs is 1. The number of amides is 1. The SMILES string of the molecule is C=CCn1c(=O)c(CCC(=O)Nc2ccc(O)cc2)nc2cc(C(F)(F)F)ccc21. The third-order valence-electron chi connectivity index (χ3n) is 4.39. The standard InChI is InChI=1S/C21H18F3N3O3/c1-2-11-27-18-9-3-13(21(22,23)24)12-17(18)26-16(20(27)30)8-10-19(29)25-14-4-6-15(28)7-5-14/h2-7,9,12,28H,1,8,10-11H2,(H,25,29). The van der Waals surface area contributed by atoms with E-state index in [4.69, 9.17) is 0 Å². The summed E-state index contributed by atoms with van der Waals surface area (Å²) in [6.45, 7) is 3.67. The van der Waals surface area contributed by atoms with Crippen LogP contribution in [-0.4, -0.2) is 20.6 Å². The zero-order valence-corrected chi connectivity index (χ0v) is 15.7. The van der Waals surface area contributed by atoms with Gasteiger partial charge in [-0.15, -0.1) is 6.58 Å². The van der Waals surface area contributed by atoms with Gasteiger partial charge < -0.3 is 15.0 Å². The number of allylic oxidation sites excluding steroid dienone is 1. The van der Waals surface area contributed by atoms with Gasteiger partial charge in [0.1, 0.15) is 11.4 Å². The molecule has 6 nitrogen and oxygen atoms in total. The van der Waals surface area contributed by atoms with E-state index in [9.17, 15) is 27.9 Å². The Morgan fingerprint density at radius 2 is 1.90 bits per heavy atom. The smallest absolute Gasteiger partial charge is 0.416 e. The number of hydrogen-bond acceptors (Lipinski definition) is 4. The fourth-order valence-corrected chi connectivity index (χ4v) is 2.95. The number of benzene rings is 2. The van der Waals surface area contributed by atoms with E-state index in [1.54, 1.807) is 0 Å². The number of carbonyl (C=O) groups excluding carboxylic acids is 1. The van der Waals surface area contributed by atoms with Gasteiger partial charge in [-0.1, -0.05) is 6.08 Å². The highest BCUT2D eigenvalue weighted by Gasteiger charge is 2.31. The normalized spacial score (nSPS) is 11.4. The Labute approximate surface area is 169 Å². The molecule has 30 heavy (non-hydrogen) atoms. The molecule has 2 N–H and O–H groups in total. The third-order valence-corrected chi connectivity index (χ3v) is 4.39. The van der Waals surface area contributed by atoms with Crippen LogP contribution in [-0.2, 0) is 23.9 Å². The van der Waals surface area contributed by atoms with Gasteiger partial charge in [0.15, 0.2) is 0 Å². The molecular formula is C21H18F3N3O3. The van der Waals surface area contributed by atoms with Gasteiger partial charge in [-0.25, -0.2) is 4.98 Å². The molecule has 1 heterocycles. The van der Waals surface area contributed by atoms with Crippen LogP contribution in [0.2, 0.25) is 0 Å². The van der Waals surface area contributed by atoms with Crippen molar-refractivity contribution in [3.8, 4) is 5.75 Å². The molecule has 0 saturated heterocycles. The molecule has 1 amide bonds. The second kappa shape index (κ2) is 8.40. The van der Waals surface area contributed by atoms with E-state index in [1.165, 1.54) is 41.0 Å². The lowest BCUT2D eigenvalue weighted by Crippen LogP contribution is -2.26. The van der Waals surface area contributed by atoms with E-state index in [0.717, 1.165) is 12.1 Å². The Bertz CT molecular complexity index is 1150. The van der Waals surface area contributed by atoms with Gasteiger partial charge in [-0.2, -0.15) is 13.2 Å². The first-order chi connectivity index (χ1) is 14.2. The first kappa shape index (κ1) is 21.1. The third kappa shape index (κ3) is 4.68. The molecule has 0 saturated carbocycles. The van der Waals surface area contributed by atoms with Gasteiger partial charge in [0.2, 0.25) is 5.91 Å². The van der Waals surface area contributed by atoms with E-state index in [2.05, 4.69) is 16.9 Å². The number of nitrogens with zero attached hydrogens (tertiary/aromatic N) is 2. The molecule has 0 aliphatic heterocycles. The van der Waals surface area contributed by atoms with E-state index in [0.29, 0.717) is 5.69 Å². The number of halogens is 3. The van der Waals surface area contributed by atoms with E-state index in [1.807, 2.05) is 0 Å². The van der Waals surface area contributed by atoms with E-state index in [-0.39, 0.29) is 41.9 Å². The number of nitrogens with one attached hydrogen (secondary N) is 1. The van der Waals surface area contributed by atoms with Crippen LogP contribution in [0.15, 0.2) is 59.9 Å². The van der Waals surface area contributed by atoms with E-state index >= 15 is 0 Å². The minimum atomic E-state index is -4.54. The highest BCUT2D eigenvalue weighted by molar-refractivity contribution is 5.90. The number of anilines is 1. The van der Waals surface area contributed by atoms with Crippen LogP contribution >= 0.6 is 0 Å². The Morgan fingerprint density at radius 3 is 2.53 bits per heavy atom. The van der Waals surface area contributed by atoms with Crippen molar-refractivity contribution in [3.63, 3.8) is 0 Å². The quantitative estimate of drug-likeness (QED) is 0.471. The number of carbonyl (C=O) groups is 1. The summed E-state index contributed by atoms with van der Waals surface area (Å²) in [7, 11) is 0. The number of phenols is 1. The van der Waals surface area contributed by atoms with Crippen LogP contribution in [0.1, 0.15) is 17.7 Å². The van der Waals surface area contributed by atoms with Crippen molar-refractivity contribution in [1.29, 1.82) is 0 Å². The molecule has 0 atom stereocenters. The minimum absolute atomic E-state index is 0.00969. The number of aryl methyl sites for hydroxylation is 1. The molecule has 0 radical (unpaired) electrons. The van der Waals surface area contributed by atoms with Crippen LogP contribution in [0.4, 0.5) is 18.9 Å². The molecule has 2 aromatic carbocycles. The lowest BCUT2D eigenvalue weighted by Gasteiger charge is -2.13. The van der Waals surface area contributed by atoms with Crippen molar-refractivity contribution in [1.82, 2.24) is 9.55 Å². The summed E-state index contributed by atoms with van der Waals surface area (Å²) < 4.78 is 40.4. The van der Waals surface area contributed by atoms with Gasteiger partial charge in [0.05, 0.1) is 16.6 Å². The Morgan fingerprint density at radius 1 is 1.20 bits per heavy atom. The van der Waals surface area contributed by atoms with Gasteiger partial charge in [0.25, 0.3) is 5.56 Å². The summed E-state index contributed by atoms with van der Waals surface area (Å²) >= 11 is 0. The predicted molar refractivity (Wildman–Crippen MR) is 106 cm³/mol. The maximum Gasteiger partial charge on any atom is 0.416 e. The first-order valence-electron chi connectivity index (χ1n) is 8.99. The number of rotatable bonds is 6. The molecule has 0 aliphatic rings. The monoisotopic (exact) mass is 417 g/mol. The van der Waals surface area contributed by atoms with Gasteiger partial charge >= 0.3 is 6.18 Å². The van der Waals surface area contributed by atoms with Crippen molar-refractivity contribution in [3.05, 3.63) is 76.7 Å². The number of aromatic nitrogens is 2. The predicted octanol–water partition coefficient (Wildman–Crippen LogP) is 3.88. The molecule has 0 bridgehead atoms. The minimum Gasteiger partial charge on any atom is -0.508 e. The molecule has 0 unspecified atom stereocenters. The van der Waals surface area contributed by atoms with Crippen LogP contribution in [0.25, 0.3) is 11.0 Å². The molecule has 0 aliphatic carbocycles. The summed E-state index contributed by atoms with van der Waals surface area (Å²) in [5, 5.41) is 11.9. The van der Waals surface area contributed by atoms with Crippen molar-refractivity contribution in [2.75, 3.05) is 5.32 Å². The maximum absolute atomic E-state index is 13.0. The molecule has 3 aromatic rings. The van der Waals surface area contributed by atoms with Gasteiger partial charge in [-0.3, -0.25) is 9.59 Å². The van der Waals surface area contributed by atoms with Crippen molar-refractivity contribution >= 4 is 22.6 Å². The molecule has 0 fully saturated rings. The highest BCUT2D eigenvalue weighted by Crippen LogP contribution is 2.30. The van der Waals surface area contributed by atoms with Crippen molar-refractivity contribution in [2.24, 2.45) is 0 Å². The molecule has 3 rings (SSSR count). The average molecular weight is 417 g/mol. The molecular weight excluding hydrogens is 399 g/mol. The Kier molecular flexibility index (Phi) is 5.91. The lowest BCUT2D eigenvalue weighted by atomic mass is 10.1. The second-order valence-electron chi connectivity index (χ2n) is 6.56. The number of phenolic OH excluding ortho intramolecular Hbond substituents is 1. The van der Waals surface area contributed by atoms with Crippen LogP contribution in [0.3, 0.4) is 0 Å². The summed E-state index contributed by atoms with van der Waals surface area (Å²) in [6, 6.07) is 8.83. The van der Waals surface area contributed by atoms with E-state index < -0.39 is 23.2 Å². The van der Waals surface area contributed by atoms with Gasteiger partial charge in [-0.05, 0) is 42.5 Å². The summed E-state index contributed by atoms with van der Waals surface area (Å²) in [4.78, 5) is 29.0. The fourth-order valence-electron chi connectivity index (χ4n) is 2.95. The van der Waals surface area contributed by atoms with Crippen LogP contribution in [0.5, 0.6) is 5.75 Å². The topological polar surface area (TPSA) is 84.2 Å². The largest absolute Gasteiger partial charge is 0.508 e. The zero-order valence-electron chi connectivity index (χ0n) is 15.7. The molecule has 0 spiro atoms. The second-order valence-corrected chi connectivity index (χ2v) is 6.56. The summed E-state index contributed by atoms with van der Waals surface area (Å²) in [5.74, 6) is -0.351. The molecule has 1 aromatic heterocycles. The molecule has 9 heteroatoms. The number of aromatic hydroxyl groups is 1. The maximum atomic E-state index is 13.0. The summed E-state index contributed by atoms with van der Waals surface area (Å²) in [5.41, 5.74) is -0.639. The fraction of sp³-hybridized carbons (Fsp3) is 0.190. The Hall–Kier alpha value is -3.62. The van der Waals surface area contributed by atoms with Crippen LogP contribution in [0, 0.1) is 0 Å². The first-order valence-corrected chi connectivity index (χ1v) is 8.99. The van der Waals surface area contributed by atoms with Crippen molar-refractivity contribution in [2.45, 2.75) is 25.6 Å². The van der Waals surface area contributed by atoms with Crippen molar-refractivity contribution < 1.29 is 23.1 Å². The highest BCUT2D eigenvalue weighted by atomic mass is 19.4. The van der Waals surface area contributed by atoms with Gasteiger partial charge in [0, 0.05) is 25.1 Å². The number of hydrogen-bond donors (Lipinski definition) is 2. The average Bonchev–Trinajstić information content (AvgIpc) is 2.69.